The van der Waals surface area contributed by atoms with Gasteiger partial charge in [-0.2, -0.15) is 0 Å². The van der Waals surface area contributed by atoms with Gasteiger partial charge in [-0.25, -0.2) is 9.78 Å². The number of fused-ring (bicyclic) bond motifs is 2. The van der Waals surface area contributed by atoms with Gasteiger partial charge in [0.15, 0.2) is 5.13 Å². The smallest absolute Gasteiger partial charge is 0.349 e. The maximum Gasteiger partial charge on any atom is 0.349 e. The number of amides is 1. The number of rotatable bonds is 6. The van der Waals surface area contributed by atoms with Crippen molar-refractivity contribution in [2.24, 2.45) is 0 Å². The lowest BCUT2D eigenvalue weighted by molar-refractivity contribution is 0.0391. The highest BCUT2D eigenvalue weighted by Crippen LogP contribution is 2.30. The number of carbonyl (C=O) groups excluding carboxylic acids is 1. The third-order valence-electron chi connectivity index (χ3n) is 5.94. The number of anilines is 1. The summed E-state index contributed by atoms with van der Waals surface area (Å²) in [6, 6.07) is 15.0. The molecule has 0 spiro atoms. The van der Waals surface area contributed by atoms with E-state index in [1.807, 2.05) is 18.2 Å². The van der Waals surface area contributed by atoms with Gasteiger partial charge < -0.3 is 9.15 Å². The van der Waals surface area contributed by atoms with E-state index in [4.69, 9.17) is 14.1 Å². The molecule has 0 saturated carbocycles. The monoisotopic (exact) mass is 499 g/mol. The fourth-order valence-corrected chi connectivity index (χ4v) is 5.05. The molecule has 0 N–H and O–H groups in total. The van der Waals surface area contributed by atoms with Crippen LogP contribution in [0.2, 0.25) is 0 Å². The summed E-state index contributed by atoms with van der Waals surface area (Å²) in [7, 11) is 0. The number of para-hydroxylation sites is 1. The van der Waals surface area contributed by atoms with Crippen molar-refractivity contribution in [3.63, 3.8) is 0 Å². The van der Waals surface area contributed by atoms with E-state index in [1.54, 1.807) is 23.1 Å². The molecule has 3 heterocycles. The Morgan fingerprint density at radius 3 is 2.74 bits per heavy atom. The van der Waals surface area contributed by atoms with Crippen LogP contribution in [0.25, 0.3) is 21.2 Å². The van der Waals surface area contributed by atoms with Gasteiger partial charge in [-0.15, -0.1) is 12.4 Å². The SMILES string of the molecule is CCc1ccc2nc(N(CCN3CCOCC3)C(=O)c3cc4ccccc4oc3=O)sc2c1.Cl. The predicted octanol–water partition coefficient (Wildman–Crippen LogP) is 4.37. The lowest BCUT2D eigenvalue weighted by Crippen LogP contribution is -2.44. The molecule has 1 aliphatic heterocycles. The number of benzene rings is 2. The van der Waals surface area contributed by atoms with Crippen molar-refractivity contribution in [1.82, 2.24) is 9.88 Å². The number of hydrogen-bond acceptors (Lipinski definition) is 7. The first kappa shape index (κ1) is 24.3. The van der Waals surface area contributed by atoms with Crippen molar-refractivity contribution < 1.29 is 13.9 Å². The normalized spacial score (nSPS) is 14.3. The van der Waals surface area contributed by atoms with Crippen LogP contribution < -0.4 is 10.5 Å². The van der Waals surface area contributed by atoms with Crippen LogP contribution in [0, 0.1) is 0 Å². The van der Waals surface area contributed by atoms with Gasteiger partial charge in [0, 0.05) is 31.6 Å². The zero-order chi connectivity index (χ0) is 22.8. The standard InChI is InChI=1S/C25H25N3O4S.ClH/c1-2-17-7-8-20-22(15-17)33-25(26-20)28(10-9-27-11-13-31-14-12-27)23(29)19-16-18-5-3-4-6-21(18)32-24(19)30;/h3-8,15-16H,2,9-14H2,1H3;1H. The molecule has 2 aromatic carbocycles. The minimum atomic E-state index is -0.635. The molecule has 34 heavy (non-hydrogen) atoms. The second kappa shape index (κ2) is 10.7. The molecule has 0 bridgehead atoms. The van der Waals surface area contributed by atoms with E-state index >= 15 is 0 Å². The van der Waals surface area contributed by atoms with Gasteiger partial charge in [0.25, 0.3) is 5.91 Å². The van der Waals surface area contributed by atoms with Crippen LogP contribution >= 0.6 is 23.7 Å². The summed E-state index contributed by atoms with van der Waals surface area (Å²) >= 11 is 1.47. The summed E-state index contributed by atoms with van der Waals surface area (Å²) in [5.74, 6) is -0.391. The van der Waals surface area contributed by atoms with E-state index in [1.165, 1.54) is 16.9 Å². The van der Waals surface area contributed by atoms with E-state index in [-0.39, 0.29) is 18.0 Å². The average Bonchev–Trinajstić information content (AvgIpc) is 3.27. The van der Waals surface area contributed by atoms with E-state index < -0.39 is 11.5 Å². The highest BCUT2D eigenvalue weighted by molar-refractivity contribution is 7.22. The Hall–Kier alpha value is -2.78. The van der Waals surface area contributed by atoms with Crippen LogP contribution in [0.4, 0.5) is 5.13 Å². The molecule has 5 rings (SSSR count). The predicted molar refractivity (Wildman–Crippen MR) is 138 cm³/mol. The maximum atomic E-state index is 13.7. The van der Waals surface area contributed by atoms with Gasteiger partial charge >= 0.3 is 5.63 Å². The minimum absolute atomic E-state index is 0. The molecule has 2 aromatic heterocycles. The fraction of sp³-hybridized carbons (Fsp3) is 0.320. The van der Waals surface area contributed by atoms with Crippen molar-refractivity contribution in [3.8, 4) is 0 Å². The summed E-state index contributed by atoms with van der Waals surface area (Å²) < 4.78 is 11.9. The molecule has 9 heteroatoms. The number of hydrogen-bond donors (Lipinski definition) is 0. The largest absolute Gasteiger partial charge is 0.422 e. The highest BCUT2D eigenvalue weighted by atomic mass is 35.5. The number of carbonyl (C=O) groups is 1. The Kier molecular flexibility index (Phi) is 7.63. The van der Waals surface area contributed by atoms with Gasteiger partial charge in [0.2, 0.25) is 0 Å². The van der Waals surface area contributed by atoms with Crippen LogP contribution in [0.5, 0.6) is 0 Å². The molecule has 1 amide bonds. The third-order valence-corrected chi connectivity index (χ3v) is 6.98. The summed E-state index contributed by atoms with van der Waals surface area (Å²) in [5.41, 5.74) is 1.92. The number of thiazole rings is 1. The number of halogens is 1. The van der Waals surface area contributed by atoms with Crippen LogP contribution in [-0.4, -0.2) is 55.2 Å². The summed E-state index contributed by atoms with van der Waals surface area (Å²) in [4.78, 5) is 35.0. The van der Waals surface area contributed by atoms with Crippen molar-refractivity contribution in [2.45, 2.75) is 13.3 Å². The van der Waals surface area contributed by atoms with Gasteiger partial charge in [0.05, 0.1) is 23.4 Å². The summed E-state index contributed by atoms with van der Waals surface area (Å²) in [5, 5.41) is 1.30. The first-order chi connectivity index (χ1) is 16.1. The third kappa shape index (κ3) is 5.00. The molecule has 7 nitrogen and oxygen atoms in total. The van der Waals surface area contributed by atoms with Crippen molar-refractivity contribution in [3.05, 3.63) is 70.1 Å². The van der Waals surface area contributed by atoms with E-state index in [9.17, 15) is 9.59 Å². The number of morpholine rings is 1. The number of ether oxygens (including phenoxy) is 1. The van der Waals surface area contributed by atoms with Crippen LogP contribution in [0.1, 0.15) is 22.8 Å². The molecule has 0 aliphatic carbocycles. The van der Waals surface area contributed by atoms with Crippen LogP contribution in [0.15, 0.2) is 57.7 Å². The highest BCUT2D eigenvalue weighted by Gasteiger charge is 2.26. The fourth-order valence-electron chi connectivity index (χ4n) is 4.00. The molecule has 1 aliphatic rings. The van der Waals surface area contributed by atoms with Crippen molar-refractivity contribution in [2.75, 3.05) is 44.3 Å². The Morgan fingerprint density at radius 1 is 1.15 bits per heavy atom. The van der Waals surface area contributed by atoms with Gasteiger partial charge in [-0.1, -0.05) is 42.5 Å². The number of nitrogens with zero attached hydrogens (tertiary/aromatic N) is 3. The maximum absolute atomic E-state index is 13.7. The lowest BCUT2D eigenvalue weighted by atomic mass is 10.1. The Labute approximate surface area is 207 Å². The topological polar surface area (TPSA) is 75.9 Å². The molecular formula is C25H26ClN3O4S. The van der Waals surface area contributed by atoms with E-state index in [0.717, 1.165) is 29.7 Å². The summed E-state index contributed by atoms with van der Waals surface area (Å²) in [6.45, 7) is 6.21. The summed E-state index contributed by atoms with van der Waals surface area (Å²) in [6.07, 6.45) is 0.932. The van der Waals surface area contributed by atoms with Gasteiger partial charge in [-0.3, -0.25) is 14.6 Å². The lowest BCUT2D eigenvalue weighted by Gasteiger charge is -2.29. The molecule has 4 aromatic rings. The second-order valence-electron chi connectivity index (χ2n) is 8.05. The van der Waals surface area contributed by atoms with Crippen LogP contribution in [-0.2, 0) is 11.2 Å². The Morgan fingerprint density at radius 2 is 1.94 bits per heavy atom. The molecule has 178 valence electrons. The van der Waals surface area contributed by atoms with Crippen molar-refractivity contribution >= 4 is 56.0 Å². The van der Waals surface area contributed by atoms with Crippen molar-refractivity contribution in [1.29, 1.82) is 0 Å². The molecule has 0 atom stereocenters. The number of aromatic nitrogens is 1. The minimum Gasteiger partial charge on any atom is -0.422 e. The quantitative estimate of drug-likeness (QED) is 0.367. The Balaban J connectivity index is 0.00000274. The van der Waals surface area contributed by atoms with Gasteiger partial charge in [-0.05, 0) is 36.2 Å². The average molecular weight is 500 g/mol. The first-order valence-corrected chi connectivity index (χ1v) is 12.0. The van der Waals surface area contributed by atoms with E-state index in [0.29, 0.717) is 42.4 Å². The number of aryl methyl sites for hydroxylation is 1. The zero-order valence-electron chi connectivity index (χ0n) is 18.9. The zero-order valence-corrected chi connectivity index (χ0v) is 20.5. The van der Waals surface area contributed by atoms with Crippen LogP contribution in [0.3, 0.4) is 0 Å². The van der Waals surface area contributed by atoms with E-state index in [2.05, 4.69) is 24.0 Å². The Bertz CT molecular complexity index is 1360. The molecule has 1 fully saturated rings. The molecular weight excluding hydrogens is 474 g/mol. The molecule has 0 radical (unpaired) electrons. The second-order valence-corrected chi connectivity index (χ2v) is 9.06. The molecule has 0 unspecified atom stereocenters. The molecule has 1 saturated heterocycles. The van der Waals surface area contributed by atoms with Gasteiger partial charge in [0.1, 0.15) is 11.1 Å². The first-order valence-electron chi connectivity index (χ1n) is 11.2.